The Morgan fingerprint density at radius 1 is 1.45 bits per heavy atom. The first-order chi connectivity index (χ1) is 4.84. The second kappa shape index (κ2) is 5.54. The van der Waals surface area contributed by atoms with Gasteiger partial charge in [0.2, 0.25) is 0 Å². The van der Waals surface area contributed by atoms with Gasteiger partial charge in [-0.1, -0.05) is 0 Å². The van der Waals surface area contributed by atoms with Gasteiger partial charge in [0, 0.05) is 18.0 Å². The van der Waals surface area contributed by atoms with Crippen molar-refractivity contribution in [1.29, 1.82) is 5.41 Å². The Balaban J connectivity index is 0.000001000. The summed E-state index contributed by atoms with van der Waals surface area (Å²) >= 11 is 1.43. The zero-order chi connectivity index (χ0) is 7.40. The Labute approximate surface area is 87.3 Å². The van der Waals surface area contributed by atoms with Crippen LogP contribution in [0, 0.1) is 5.41 Å². The van der Waals surface area contributed by atoms with Crippen LogP contribution in [-0.2, 0) is 0 Å². The Kier molecular flexibility index (Phi) is 5.49. The van der Waals surface area contributed by atoms with E-state index in [1.54, 1.807) is 12.4 Å². The highest BCUT2D eigenvalue weighted by Crippen LogP contribution is 2.06. The van der Waals surface area contributed by atoms with Crippen LogP contribution in [0.25, 0.3) is 0 Å². The summed E-state index contributed by atoms with van der Waals surface area (Å²) < 4.78 is 0. The zero-order valence-electron chi connectivity index (χ0n) is 6.07. The molecule has 0 amide bonds. The van der Waals surface area contributed by atoms with E-state index in [9.17, 15) is 0 Å². The molecule has 2 nitrogen and oxygen atoms in total. The van der Waals surface area contributed by atoms with E-state index in [-0.39, 0.29) is 24.0 Å². The van der Waals surface area contributed by atoms with Gasteiger partial charge in [-0.15, -0.1) is 35.7 Å². The molecule has 1 N–H and O–H groups in total. The first-order valence-corrected chi connectivity index (χ1v) is 4.10. The van der Waals surface area contributed by atoms with Crippen molar-refractivity contribution in [3.8, 4) is 0 Å². The molecule has 0 aromatic carbocycles. The van der Waals surface area contributed by atoms with E-state index in [4.69, 9.17) is 5.41 Å². The van der Waals surface area contributed by atoms with E-state index in [0.29, 0.717) is 5.04 Å². The van der Waals surface area contributed by atoms with Gasteiger partial charge < -0.3 is 0 Å². The fourth-order valence-electron chi connectivity index (χ4n) is 0.621. The fourth-order valence-corrected chi connectivity index (χ4v) is 0.993. The van der Waals surface area contributed by atoms with Gasteiger partial charge >= 0.3 is 0 Å². The van der Waals surface area contributed by atoms with Crippen molar-refractivity contribution in [1.82, 2.24) is 4.98 Å². The number of nitrogens with one attached hydrogen (secondary N) is 1. The van der Waals surface area contributed by atoms with Gasteiger partial charge in [0.25, 0.3) is 0 Å². The average Bonchev–Trinajstić information content (AvgIpc) is 2.05. The average molecular weight is 280 g/mol. The molecule has 1 rings (SSSR count). The van der Waals surface area contributed by atoms with Crippen molar-refractivity contribution in [2.24, 2.45) is 0 Å². The van der Waals surface area contributed by atoms with Gasteiger partial charge in [0.1, 0.15) is 0 Å². The molecule has 1 aromatic heterocycles. The number of nitrogens with zero attached hydrogens (tertiary/aromatic N) is 1. The summed E-state index contributed by atoms with van der Waals surface area (Å²) in [4.78, 5) is 3.86. The SMILES string of the molecule is CSC(=N)c1ccncc1.I. The normalized spacial score (nSPS) is 8.45. The van der Waals surface area contributed by atoms with Crippen molar-refractivity contribution in [3.63, 3.8) is 0 Å². The molecule has 60 valence electrons. The number of rotatable bonds is 1. The molecule has 1 heterocycles. The number of halogens is 1. The number of aromatic nitrogens is 1. The highest BCUT2D eigenvalue weighted by Gasteiger charge is 1.95. The molecule has 0 fully saturated rings. The molecular weight excluding hydrogens is 271 g/mol. The first-order valence-electron chi connectivity index (χ1n) is 2.87. The number of pyridine rings is 1. The predicted octanol–water partition coefficient (Wildman–Crippen LogP) is 2.39. The molecule has 0 saturated carbocycles. The Morgan fingerprint density at radius 3 is 2.45 bits per heavy atom. The molecule has 0 aliphatic rings. The van der Waals surface area contributed by atoms with E-state index in [2.05, 4.69) is 4.98 Å². The van der Waals surface area contributed by atoms with Crippen LogP contribution in [0.5, 0.6) is 0 Å². The van der Waals surface area contributed by atoms with Crippen molar-refractivity contribution in [3.05, 3.63) is 30.1 Å². The molecule has 0 unspecified atom stereocenters. The molecule has 0 radical (unpaired) electrons. The van der Waals surface area contributed by atoms with E-state index in [0.717, 1.165) is 5.56 Å². The number of hydrogen-bond acceptors (Lipinski definition) is 3. The van der Waals surface area contributed by atoms with Crippen LogP contribution in [0.3, 0.4) is 0 Å². The third-order valence-electron chi connectivity index (χ3n) is 1.15. The van der Waals surface area contributed by atoms with E-state index >= 15 is 0 Å². The minimum atomic E-state index is 0. The van der Waals surface area contributed by atoms with Gasteiger partial charge in [-0.2, -0.15) is 0 Å². The van der Waals surface area contributed by atoms with Gasteiger partial charge in [0.05, 0.1) is 5.04 Å². The maximum atomic E-state index is 7.41. The van der Waals surface area contributed by atoms with Crippen molar-refractivity contribution in [2.45, 2.75) is 0 Å². The quantitative estimate of drug-likeness (QED) is 0.487. The lowest BCUT2D eigenvalue weighted by Crippen LogP contribution is -1.90. The summed E-state index contributed by atoms with van der Waals surface area (Å²) in [6.07, 6.45) is 5.28. The predicted molar refractivity (Wildman–Crippen MR) is 60.0 cm³/mol. The van der Waals surface area contributed by atoms with Crippen molar-refractivity contribution in [2.75, 3.05) is 6.26 Å². The summed E-state index contributed by atoms with van der Waals surface area (Å²) in [7, 11) is 0. The largest absolute Gasteiger partial charge is 0.293 e. The molecule has 1 aromatic rings. The van der Waals surface area contributed by atoms with Gasteiger partial charge in [-0.05, 0) is 18.4 Å². The van der Waals surface area contributed by atoms with E-state index < -0.39 is 0 Å². The lowest BCUT2D eigenvalue weighted by atomic mass is 10.3. The second-order valence-electron chi connectivity index (χ2n) is 1.77. The minimum absolute atomic E-state index is 0. The standard InChI is InChI=1S/C7H8N2S.HI/c1-10-7(8)6-2-4-9-5-3-6;/h2-5,8H,1H3;1H. The van der Waals surface area contributed by atoms with Crippen LogP contribution in [0.15, 0.2) is 24.5 Å². The third-order valence-corrected chi connectivity index (χ3v) is 1.79. The fraction of sp³-hybridized carbons (Fsp3) is 0.143. The van der Waals surface area contributed by atoms with Gasteiger partial charge in [0.15, 0.2) is 0 Å². The van der Waals surface area contributed by atoms with Gasteiger partial charge in [-0.3, -0.25) is 10.4 Å². The minimum Gasteiger partial charge on any atom is -0.293 e. The molecular formula is C7H9IN2S. The van der Waals surface area contributed by atoms with E-state index in [1.807, 2.05) is 18.4 Å². The first kappa shape index (κ1) is 10.9. The smallest absolute Gasteiger partial charge is 0.0940 e. The van der Waals surface area contributed by atoms with Crippen molar-refractivity contribution >= 4 is 40.8 Å². The maximum absolute atomic E-state index is 7.41. The molecule has 0 atom stereocenters. The maximum Gasteiger partial charge on any atom is 0.0940 e. The lowest BCUT2D eigenvalue weighted by Gasteiger charge is -1.96. The lowest BCUT2D eigenvalue weighted by molar-refractivity contribution is 1.32. The van der Waals surface area contributed by atoms with Crippen LogP contribution in [0.1, 0.15) is 5.56 Å². The van der Waals surface area contributed by atoms with Gasteiger partial charge in [-0.25, -0.2) is 0 Å². The summed E-state index contributed by atoms with van der Waals surface area (Å²) in [5.41, 5.74) is 0.933. The Morgan fingerprint density at radius 2 is 2.00 bits per heavy atom. The number of hydrogen-bond donors (Lipinski definition) is 1. The summed E-state index contributed by atoms with van der Waals surface area (Å²) in [6.45, 7) is 0. The van der Waals surface area contributed by atoms with Crippen LogP contribution in [0.4, 0.5) is 0 Å². The topological polar surface area (TPSA) is 36.7 Å². The van der Waals surface area contributed by atoms with Crippen LogP contribution in [-0.4, -0.2) is 16.3 Å². The van der Waals surface area contributed by atoms with Crippen LogP contribution >= 0.6 is 35.7 Å². The van der Waals surface area contributed by atoms with Crippen molar-refractivity contribution < 1.29 is 0 Å². The second-order valence-corrected chi connectivity index (χ2v) is 2.59. The third kappa shape index (κ3) is 3.20. The highest BCUT2D eigenvalue weighted by atomic mass is 127. The highest BCUT2D eigenvalue weighted by molar-refractivity contribution is 14.0. The molecule has 0 bridgehead atoms. The summed E-state index contributed by atoms with van der Waals surface area (Å²) in [5.74, 6) is 0. The number of thioether (sulfide) groups is 1. The summed E-state index contributed by atoms with van der Waals surface area (Å²) in [6, 6.07) is 3.66. The summed E-state index contributed by atoms with van der Waals surface area (Å²) in [5, 5.41) is 8.00. The van der Waals surface area contributed by atoms with E-state index in [1.165, 1.54) is 11.8 Å². The van der Waals surface area contributed by atoms with Crippen LogP contribution < -0.4 is 0 Å². The Bertz CT molecular complexity index is 225. The monoisotopic (exact) mass is 280 g/mol. The van der Waals surface area contributed by atoms with Crippen LogP contribution in [0.2, 0.25) is 0 Å². The molecule has 4 heteroatoms. The zero-order valence-corrected chi connectivity index (χ0v) is 9.22. The molecule has 0 aliphatic heterocycles. The molecule has 11 heavy (non-hydrogen) atoms. The molecule has 0 spiro atoms. The molecule has 0 saturated heterocycles. The Hall–Kier alpha value is -0.100. The molecule has 0 aliphatic carbocycles.